The quantitative estimate of drug-likeness (QED) is 0.684. The number of hydrogen-bond donors (Lipinski definition) is 1. The fourth-order valence-corrected chi connectivity index (χ4v) is 2.64. The molecule has 1 aliphatic heterocycles. The van der Waals surface area contributed by atoms with Gasteiger partial charge >= 0.3 is 7.12 Å². The Balaban J connectivity index is 2.09. The smallest absolute Gasteiger partial charge is 0.398 e. The molecule has 0 amide bonds. The van der Waals surface area contributed by atoms with Crippen LogP contribution in [0.1, 0.15) is 44.6 Å². The Morgan fingerprint density at radius 3 is 2.59 bits per heavy atom. The maximum atomic E-state index is 14.3. The van der Waals surface area contributed by atoms with Crippen molar-refractivity contribution in [1.29, 1.82) is 0 Å². The van der Waals surface area contributed by atoms with Crippen molar-refractivity contribution in [2.75, 3.05) is 6.61 Å². The van der Waals surface area contributed by atoms with E-state index in [-0.39, 0.29) is 6.61 Å². The molecule has 0 bridgehead atoms. The minimum atomic E-state index is -0.976. The molecule has 0 radical (unpaired) electrons. The van der Waals surface area contributed by atoms with Gasteiger partial charge in [0.2, 0.25) is 0 Å². The van der Waals surface area contributed by atoms with E-state index in [1.807, 2.05) is 33.1 Å². The first-order chi connectivity index (χ1) is 10.2. The summed E-state index contributed by atoms with van der Waals surface area (Å²) in [5.74, 6) is 5.76. The van der Waals surface area contributed by atoms with Crippen molar-refractivity contribution in [1.82, 2.24) is 0 Å². The van der Waals surface area contributed by atoms with Gasteiger partial charge in [0.15, 0.2) is 0 Å². The molecular weight excluding hydrogens is 302 g/mol. The second-order valence-electron chi connectivity index (χ2n) is 6.13. The Morgan fingerprint density at radius 1 is 1.36 bits per heavy atom. The van der Waals surface area contributed by atoms with E-state index in [4.69, 9.17) is 14.4 Å². The first-order valence-electron chi connectivity index (χ1n) is 7.16. The van der Waals surface area contributed by atoms with Gasteiger partial charge in [-0.05, 0) is 39.8 Å². The highest BCUT2D eigenvalue weighted by Gasteiger charge is 2.53. The zero-order valence-electron chi connectivity index (χ0n) is 13.3. The average Bonchev–Trinajstić information content (AvgIpc) is 2.93. The molecule has 0 aliphatic carbocycles. The molecular formula is C16H20BFO3S. The molecule has 118 valence electrons. The predicted molar refractivity (Wildman–Crippen MR) is 88.1 cm³/mol. The highest BCUT2D eigenvalue weighted by molar-refractivity contribution is 7.11. The van der Waals surface area contributed by atoms with Crippen molar-refractivity contribution in [3.05, 3.63) is 27.6 Å². The number of halogens is 1. The van der Waals surface area contributed by atoms with Crippen LogP contribution in [0.25, 0.3) is 6.08 Å². The Bertz CT molecular complexity index is 609. The summed E-state index contributed by atoms with van der Waals surface area (Å²) >= 11 is 1.40. The van der Waals surface area contributed by atoms with Crippen LogP contribution in [0.2, 0.25) is 0 Å². The number of aliphatic hydroxyl groups is 1. The van der Waals surface area contributed by atoms with Crippen LogP contribution in [-0.4, -0.2) is 30.0 Å². The maximum Gasteiger partial charge on any atom is 0.525 e. The summed E-state index contributed by atoms with van der Waals surface area (Å²) in [6, 6.07) is 1.81. The van der Waals surface area contributed by atoms with E-state index in [1.54, 1.807) is 6.07 Å². The van der Waals surface area contributed by atoms with Gasteiger partial charge in [0.25, 0.3) is 0 Å². The predicted octanol–water partition coefficient (Wildman–Crippen LogP) is 3.42. The molecule has 1 saturated heterocycles. The van der Waals surface area contributed by atoms with E-state index >= 15 is 0 Å². The lowest BCUT2D eigenvalue weighted by Crippen LogP contribution is -2.41. The lowest BCUT2D eigenvalue weighted by atomic mass is 9.87. The van der Waals surface area contributed by atoms with Gasteiger partial charge in [-0.1, -0.05) is 11.8 Å². The second-order valence-corrected chi connectivity index (χ2v) is 7.07. The lowest BCUT2D eigenvalue weighted by Gasteiger charge is -2.32. The van der Waals surface area contributed by atoms with Crippen molar-refractivity contribution >= 4 is 24.5 Å². The number of thiophene rings is 1. The summed E-state index contributed by atoms with van der Waals surface area (Å²) in [6.45, 7) is 7.60. The first kappa shape index (κ1) is 17.2. The number of rotatable bonds is 3. The third-order valence-electron chi connectivity index (χ3n) is 3.85. The van der Waals surface area contributed by atoms with E-state index in [0.717, 1.165) is 10.4 Å². The third kappa shape index (κ3) is 3.79. The minimum absolute atomic E-state index is 0.0421. The molecule has 6 heteroatoms. The molecule has 1 aliphatic rings. The van der Waals surface area contributed by atoms with Crippen LogP contribution in [-0.2, 0) is 9.31 Å². The molecule has 1 aromatic rings. The van der Waals surface area contributed by atoms with Crippen LogP contribution < -0.4 is 0 Å². The van der Waals surface area contributed by atoms with E-state index in [9.17, 15) is 4.39 Å². The van der Waals surface area contributed by atoms with Gasteiger partial charge in [0, 0.05) is 22.2 Å². The standard InChI is InChI=1S/C16H20BFO3S/c1-15(2)16(3,4)21-17(20-15)14(18)10-13-9-12(11-22-13)7-5-6-8-19/h9-11,19H,6,8H2,1-4H3. The van der Waals surface area contributed by atoms with Crippen molar-refractivity contribution < 1.29 is 18.8 Å². The normalized spacial score (nSPS) is 19.9. The average molecular weight is 322 g/mol. The molecule has 3 nitrogen and oxygen atoms in total. The van der Waals surface area contributed by atoms with Crippen LogP contribution in [0.4, 0.5) is 4.39 Å². The van der Waals surface area contributed by atoms with Gasteiger partial charge in [-0.2, -0.15) is 0 Å². The molecule has 1 N–H and O–H groups in total. The van der Waals surface area contributed by atoms with Crippen LogP contribution in [0, 0.1) is 11.8 Å². The zero-order chi connectivity index (χ0) is 16.4. The molecule has 0 unspecified atom stereocenters. The Labute approximate surface area is 135 Å². The first-order valence-corrected chi connectivity index (χ1v) is 8.04. The van der Waals surface area contributed by atoms with Crippen molar-refractivity contribution in [3.63, 3.8) is 0 Å². The van der Waals surface area contributed by atoms with Crippen molar-refractivity contribution in [3.8, 4) is 11.8 Å². The molecule has 1 aromatic heterocycles. The molecule has 2 rings (SSSR count). The van der Waals surface area contributed by atoms with Gasteiger partial charge in [-0.25, -0.2) is 4.39 Å². The molecule has 0 atom stereocenters. The third-order valence-corrected chi connectivity index (χ3v) is 4.73. The largest absolute Gasteiger partial charge is 0.525 e. The molecule has 0 aromatic carbocycles. The van der Waals surface area contributed by atoms with Crippen LogP contribution in [0.5, 0.6) is 0 Å². The van der Waals surface area contributed by atoms with Gasteiger partial charge in [-0.15, -0.1) is 11.3 Å². The molecule has 2 heterocycles. The van der Waals surface area contributed by atoms with Crippen molar-refractivity contribution in [2.24, 2.45) is 0 Å². The van der Waals surface area contributed by atoms with Gasteiger partial charge in [0.1, 0.15) is 5.73 Å². The van der Waals surface area contributed by atoms with Gasteiger partial charge < -0.3 is 14.4 Å². The van der Waals surface area contributed by atoms with E-state index < -0.39 is 24.0 Å². The SMILES string of the molecule is CC1(C)OB(C(F)=Cc2cc(C#CCCO)cs2)OC1(C)C. The second kappa shape index (κ2) is 6.55. The Kier molecular flexibility index (Phi) is 5.13. The lowest BCUT2D eigenvalue weighted by molar-refractivity contribution is 0.00578. The summed E-state index contributed by atoms with van der Waals surface area (Å²) in [5, 5.41) is 10.5. The highest BCUT2D eigenvalue weighted by atomic mass is 32.1. The number of hydrogen-bond acceptors (Lipinski definition) is 4. The summed E-state index contributed by atoms with van der Waals surface area (Å²) in [7, 11) is -0.976. The fourth-order valence-electron chi connectivity index (χ4n) is 1.87. The Morgan fingerprint density at radius 2 is 2.00 bits per heavy atom. The van der Waals surface area contributed by atoms with E-state index in [2.05, 4.69) is 11.8 Å². The molecule has 1 fully saturated rings. The maximum absolute atomic E-state index is 14.3. The van der Waals surface area contributed by atoms with Crippen molar-refractivity contribution in [2.45, 2.75) is 45.3 Å². The Hall–Kier alpha value is -1.13. The van der Waals surface area contributed by atoms with Crippen LogP contribution in [0.15, 0.2) is 17.2 Å². The molecule has 22 heavy (non-hydrogen) atoms. The topological polar surface area (TPSA) is 38.7 Å². The molecule has 0 saturated carbocycles. The molecule has 0 spiro atoms. The summed E-state index contributed by atoms with van der Waals surface area (Å²) in [4.78, 5) is 0.750. The van der Waals surface area contributed by atoms with E-state index in [0.29, 0.717) is 6.42 Å². The van der Waals surface area contributed by atoms with Crippen LogP contribution in [0.3, 0.4) is 0 Å². The van der Waals surface area contributed by atoms with Crippen LogP contribution >= 0.6 is 11.3 Å². The number of aliphatic hydroxyl groups excluding tert-OH is 1. The summed E-state index contributed by atoms with van der Waals surface area (Å²) in [6.07, 6.45) is 1.85. The van der Waals surface area contributed by atoms with Gasteiger partial charge in [0.05, 0.1) is 17.8 Å². The van der Waals surface area contributed by atoms with E-state index in [1.165, 1.54) is 17.4 Å². The monoisotopic (exact) mass is 322 g/mol. The summed E-state index contributed by atoms with van der Waals surface area (Å²) < 4.78 is 25.7. The van der Waals surface area contributed by atoms with Gasteiger partial charge in [-0.3, -0.25) is 0 Å². The fraction of sp³-hybridized carbons (Fsp3) is 0.500. The minimum Gasteiger partial charge on any atom is -0.398 e. The zero-order valence-corrected chi connectivity index (χ0v) is 14.1. The highest BCUT2D eigenvalue weighted by Crippen LogP contribution is 2.39. The summed E-state index contributed by atoms with van der Waals surface area (Å²) in [5.41, 5.74) is -0.750.